The van der Waals surface area contributed by atoms with Gasteiger partial charge in [0.15, 0.2) is 0 Å². The van der Waals surface area contributed by atoms with Crippen molar-refractivity contribution in [3.05, 3.63) is 29.8 Å². The van der Waals surface area contributed by atoms with E-state index in [4.69, 9.17) is 15.4 Å². The van der Waals surface area contributed by atoms with Gasteiger partial charge >= 0.3 is 11.9 Å². The molecule has 122 valence electrons. The van der Waals surface area contributed by atoms with Crippen molar-refractivity contribution in [3.63, 3.8) is 0 Å². The first-order valence-corrected chi connectivity index (χ1v) is 7.03. The Kier molecular flexibility index (Phi) is 6.37. The van der Waals surface area contributed by atoms with Gasteiger partial charge in [-0.25, -0.2) is 0 Å². The van der Waals surface area contributed by atoms with E-state index in [1.807, 2.05) is 19.1 Å². The third kappa shape index (κ3) is 6.58. The van der Waals surface area contributed by atoms with Crippen LogP contribution in [0.5, 0.6) is 5.75 Å². The molecular formula is C16H23NO5. The van der Waals surface area contributed by atoms with Crippen LogP contribution in [0.25, 0.3) is 0 Å². The molecule has 2 N–H and O–H groups in total. The van der Waals surface area contributed by atoms with Crippen LogP contribution in [0, 0.1) is 12.8 Å². The SMILES string of the molecule is Cc1ccc(OCC(CC(=O)ON)C(=O)OC(C)(C)C)cc1. The molecule has 1 unspecified atom stereocenters. The van der Waals surface area contributed by atoms with E-state index in [9.17, 15) is 9.59 Å². The van der Waals surface area contributed by atoms with Crippen molar-refractivity contribution in [1.82, 2.24) is 0 Å². The van der Waals surface area contributed by atoms with E-state index in [1.54, 1.807) is 32.9 Å². The van der Waals surface area contributed by atoms with Gasteiger partial charge in [-0.15, -0.1) is 0 Å². The van der Waals surface area contributed by atoms with Crippen molar-refractivity contribution in [2.45, 2.75) is 39.7 Å². The number of aryl methyl sites for hydroxylation is 1. The Labute approximate surface area is 130 Å². The van der Waals surface area contributed by atoms with Crippen LogP contribution in [0.1, 0.15) is 32.8 Å². The highest BCUT2D eigenvalue weighted by molar-refractivity contribution is 5.80. The van der Waals surface area contributed by atoms with Crippen LogP contribution < -0.4 is 10.6 Å². The van der Waals surface area contributed by atoms with Gasteiger partial charge in [0.05, 0.1) is 6.42 Å². The molecule has 0 aliphatic carbocycles. The Morgan fingerprint density at radius 3 is 2.27 bits per heavy atom. The van der Waals surface area contributed by atoms with E-state index >= 15 is 0 Å². The van der Waals surface area contributed by atoms with Gasteiger partial charge < -0.3 is 14.3 Å². The fraction of sp³-hybridized carbons (Fsp3) is 0.500. The van der Waals surface area contributed by atoms with E-state index in [-0.39, 0.29) is 13.0 Å². The minimum atomic E-state index is -0.781. The van der Waals surface area contributed by atoms with Gasteiger partial charge in [0.2, 0.25) is 0 Å². The summed E-state index contributed by atoms with van der Waals surface area (Å²) in [5.74, 6) is 3.45. The summed E-state index contributed by atoms with van der Waals surface area (Å²) in [5.41, 5.74) is 0.453. The number of nitrogens with two attached hydrogens (primary N) is 1. The Morgan fingerprint density at radius 1 is 1.18 bits per heavy atom. The van der Waals surface area contributed by atoms with Crippen LogP contribution in [-0.2, 0) is 19.2 Å². The second kappa shape index (κ2) is 7.79. The van der Waals surface area contributed by atoms with Crippen LogP contribution in [0.3, 0.4) is 0 Å². The normalized spacial score (nSPS) is 12.4. The third-order valence-electron chi connectivity index (χ3n) is 2.76. The van der Waals surface area contributed by atoms with E-state index in [0.717, 1.165) is 5.56 Å². The van der Waals surface area contributed by atoms with Gasteiger partial charge in [-0.2, -0.15) is 5.90 Å². The molecule has 0 radical (unpaired) electrons. The number of ether oxygens (including phenoxy) is 2. The largest absolute Gasteiger partial charge is 0.493 e. The maximum Gasteiger partial charge on any atom is 0.325 e. The average Bonchev–Trinajstić information content (AvgIpc) is 2.42. The summed E-state index contributed by atoms with van der Waals surface area (Å²) in [6.45, 7) is 7.23. The quantitative estimate of drug-likeness (QED) is 0.640. The number of carbonyl (C=O) groups excluding carboxylic acids is 2. The predicted octanol–water partition coefficient (Wildman–Crippen LogP) is 2.14. The summed E-state index contributed by atoms with van der Waals surface area (Å²) in [5, 5.41) is 0. The summed E-state index contributed by atoms with van der Waals surface area (Å²) < 4.78 is 10.8. The molecule has 1 aromatic rings. The lowest BCUT2D eigenvalue weighted by Crippen LogP contribution is -2.33. The zero-order chi connectivity index (χ0) is 16.8. The highest BCUT2D eigenvalue weighted by Gasteiger charge is 2.28. The number of benzene rings is 1. The molecule has 1 rings (SSSR count). The van der Waals surface area contributed by atoms with Crippen molar-refractivity contribution in [2.75, 3.05) is 6.61 Å². The van der Waals surface area contributed by atoms with Crippen LogP contribution in [0.4, 0.5) is 0 Å². The molecule has 6 nitrogen and oxygen atoms in total. The molecule has 6 heteroatoms. The first kappa shape index (κ1) is 18.0. The second-order valence-electron chi connectivity index (χ2n) is 6.05. The lowest BCUT2D eigenvalue weighted by Gasteiger charge is -2.23. The molecule has 0 aliphatic rings. The van der Waals surface area contributed by atoms with Gasteiger partial charge in [-0.1, -0.05) is 17.7 Å². The fourth-order valence-electron chi connectivity index (χ4n) is 1.68. The minimum absolute atomic E-state index is 0.00702. The number of carbonyl (C=O) groups is 2. The smallest absolute Gasteiger partial charge is 0.325 e. The van der Waals surface area contributed by atoms with Crippen LogP contribution in [0.2, 0.25) is 0 Å². The molecular weight excluding hydrogens is 286 g/mol. The van der Waals surface area contributed by atoms with Gasteiger partial charge in [0.25, 0.3) is 0 Å². The zero-order valence-electron chi connectivity index (χ0n) is 13.4. The van der Waals surface area contributed by atoms with Gasteiger partial charge in [-0.3, -0.25) is 9.59 Å². The lowest BCUT2D eigenvalue weighted by molar-refractivity contribution is -0.165. The first-order valence-electron chi connectivity index (χ1n) is 7.03. The molecule has 1 atom stereocenters. The van der Waals surface area contributed by atoms with Crippen molar-refractivity contribution in [2.24, 2.45) is 11.8 Å². The van der Waals surface area contributed by atoms with Crippen molar-refractivity contribution >= 4 is 11.9 Å². The second-order valence-corrected chi connectivity index (χ2v) is 6.05. The minimum Gasteiger partial charge on any atom is -0.493 e. The van der Waals surface area contributed by atoms with E-state index in [1.165, 1.54) is 0 Å². The molecule has 0 saturated heterocycles. The summed E-state index contributed by atoms with van der Waals surface area (Å²) in [6, 6.07) is 7.38. The van der Waals surface area contributed by atoms with Crippen molar-refractivity contribution in [3.8, 4) is 5.75 Å². The topological polar surface area (TPSA) is 87.9 Å². The van der Waals surface area contributed by atoms with Crippen molar-refractivity contribution in [1.29, 1.82) is 0 Å². The summed E-state index contributed by atoms with van der Waals surface area (Å²) >= 11 is 0. The molecule has 0 amide bonds. The van der Waals surface area contributed by atoms with E-state index in [0.29, 0.717) is 5.75 Å². The molecule has 0 aromatic heterocycles. The van der Waals surface area contributed by atoms with Gasteiger partial charge in [0.1, 0.15) is 23.9 Å². The van der Waals surface area contributed by atoms with Gasteiger partial charge in [-0.05, 0) is 39.8 Å². The highest BCUT2D eigenvalue weighted by Crippen LogP contribution is 2.17. The molecule has 0 spiro atoms. The molecule has 0 fully saturated rings. The molecule has 0 saturated carbocycles. The Hall–Kier alpha value is -2.08. The monoisotopic (exact) mass is 309 g/mol. The molecule has 0 aliphatic heterocycles. The molecule has 22 heavy (non-hydrogen) atoms. The Balaban J connectivity index is 2.70. The molecule has 0 heterocycles. The Morgan fingerprint density at radius 2 is 1.77 bits per heavy atom. The molecule has 0 bridgehead atoms. The number of esters is 1. The van der Waals surface area contributed by atoms with Crippen LogP contribution >= 0.6 is 0 Å². The summed E-state index contributed by atoms with van der Waals surface area (Å²) in [7, 11) is 0. The number of hydrogen-bond acceptors (Lipinski definition) is 6. The van der Waals surface area contributed by atoms with E-state index < -0.39 is 23.5 Å². The Bertz CT molecular complexity index is 504. The maximum absolute atomic E-state index is 12.1. The summed E-state index contributed by atoms with van der Waals surface area (Å²) in [6.07, 6.45) is -0.197. The number of hydrogen-bond donors (Lipinski definition) is 1. The van der Waals surface area contributed by atoms with Gasteiger partial charge in [0, 0.05) is 0 Å². The maximum atomic E-state index is 12.1. The first-order chi connectivity index (χ1) is 10.2. The van der Waals surface area contributed by atoms with E-state index in [2.05, 4.69) is 4.84 Å². The predicted molar refractivity (Wildman–Crippen MR) is 80.9 cm³/mol. The lowest BCUT2D eigenvalue weighted by atomic mass is 10.1. The molecule has 1 aromatic carbocycles. The van der Waals surface area contributed by atoms with Crippen LogP contribution in [0.15, 0.2) is 24.3 Å². The fourth-order valence-corrected chi connectivity index (χ4v) is 1.68. The average molecular weight is 309 g/mol. The summed E-state index contributed by atoms with van der Waals surface area (Å²) in [4.78, 5) is 27.6. The van der Waals surface area contributed by atoms with Crippen LogP contribution in [-0.4, -0.2) is 24.1 Å². The van der Waals surface area contributed by atoms with Crippen molar-refractivity contribution < 1.29 is 23.9 Å². The number of rotatable bonds is 6. The third-order valence-corrected chi connectivity index (χ3v) is 2.76. The highest BCUT2D eigenvalue weighted by atomic mass is 16.7. The zero-order valence-corrected chi connectivity index (χ0v) is 13.4. The standard InChI is InChI=1S/C16H23NO5/c1-11-5-7-13(8-6-11)20-10-12(9-14(18)22-17)15(19)21-16(2,3)4/h5-8,12H,9-10,17H2,1-4H3.